The fourth-order valence-electron chi connectivity index (χ4n) is 1.39. The summed E-state index contributed by atoms with van der Waals surface area (Å²) in [4.78, 5) is 21.2. The number of thiophene rings is 1. The van der Waals surface area contributed by atoms with Gasteiger partial charge in [0, 0.05) is 12.1 Å². The van der Waals surface area contributed by atoms with E-state index in [0.717, 1.165) is 18.9 Å². The highest BCUT2D eigenvalue weighted by Gasteiger charge is 2.27. The molecule has 1 aliphatic carbocycles. The lowest BCUT2D eigenvalue weighted by atomic mass is 10.5. The van der Waals surface area contributed by atoms with Gasteiger partial charge in [-0.25, -0.2) is 13.1 Å². The third-order valence-corrected chi connectivity index (χ3v) is 5.37. The molecule has 0 aromatic carbocycles. The summed E-state index contributed by atoms with van der Waals surface area (Å²) < 4.78 is 25.5. The van der Waals surface area contributed by atoms with Gasteiger partial charge in [-0.15, -0.1) is 0 Å². The molecule has 0 aliphatic heterocycles. The number of nitrogens with one attached hydrogen (secondary N) is 2. The molecule has 4 N–H and O–H groups in total. The van der Waals surface area contributed by atoms with E-state index in [9.17, 15) is 23.3 Å². The van der Waals surface area contributed by atoms with Crippen LogP contribution in [0.1, 0.15) is 12.8 Å². The maximum absolute atomic E-state index is 11.9. The molecule has 0 atom stereocenters. The molecule has 11 heteroatoms. The summed E-state index contributed by atoms with van der Waals surface area (Å²) in [5.41, 5.74) is 4.91. The lowest BCUT2D eigenvalue weighted by Gasteiger charge is -2.04. The van der Waals surface area contributed by atoms with Crippen molar-refractivity contribution in [3.8, 4) is 0 Å². The van der Waals surface area contributed by atoms with E-state index in [4.69, 9.17) is 5.73 Å². The Kier molecular flexibility index (Phi) is 3.92. The summed E-state index contributed by atoms with van der Waals surface area (Å²) in [6.45, 7) is -0.412. The second-order valence-corrected chi connectivity index (χ2v) is 7.32. The molecule has 2 rings (SSSR count). The average Bonchev–Trinajstić information content (AvgIpc) is 3.06. The molecular weight excluding hydrogens is 308 g/mol. The van der Waals surface area contributed by atoms with Crippen molar-refractivity contribution in [2.45, 2.75) is 23.1 Å². The number of nitrogen functional groups attached to an aromatic ring is 1. The lowest BCUT2D eigenvalue weighted by molar-refractivity contribution is -0.383. The highest BCUT2D eigenvalue weighted by Crippen LogP contribution is 2.34. The fraction of sp³-hybridized carbons (Fsp3) is 0.444. The van der Waals surface area contributed by atoms with Crippen molar-refractivity contribution < 1.29 is 18.1 Å². The number of rotatable bonds is 6. The predicted molar refractivity (Wildman–Crippen MR) is 71.7 cm³/mol. The van der Waals surface area contributed by atoms with Crippen LogP contribution in [-0.2, 0) is 14.8 Å². The first-order valence-corrected chi connectivity index (χ1v) is 7.92. The molecule has 1 amide bonds. The van der Waals surface area contributed by atoms with Gasteiger partial charge in [-0.2, -0.15) is 0 Å². The number of carbonyl (C=O) groups is 1. The molecule has 0 radical (unpaired) electrons. The zero-order valence-corrected chi connectivity index (χ0v) is 11.8. The number of amides is 1. The van der Waals surface area contributed by atoms with E-state index < -0.39 is 33.1 Å². The Morgan fingerprint density at radius 2 is 2.20 bits per heavy atom. The van der Waals surface area contributed by atoms with Gasteiger partial charge in [0.1, 0.15) is 4.21 Å². The van der Waals surface area contributed by atoms with Crippen molar-refractivity contribution in [2.24, 2.45) is 0 Å². The van der Waals surface area contributed by atoms with Crippen LogP contribution >= 0.6 is 11.3 Å². The Morgan fingerprint density at radius 3 is 2.70 bits per heavy atom. The Labute approximate surface area is 118 Å². The van der Waals surface area contributed by atoms with Crippen LogP contribution in [0.3, 0.4) is 0 Å². The van der Waals surface area contributed by atoms with Gasteiger partial charge in [0.05, 0.1) is 11.5 Å². The monoisotopic (exact) mass is 320 g/mol. The summed E-state index contributed by atoms with van der Waals surface area (Å²) in [5.74, 6) is -0.435. The minimum Gasteiger partial charge on any atom is -0.385 e. The van der Waals surface area contributed by atoms with E-state index in [1.807, 2.05) is 0 Å². The third kappa shape index (κ3) is 3.43. The van der Waals surface area contributed by atoms with Crippen LogP contribution in [0.2, 0.25) is 0 Å². The number of nitrogens with two attached hydrogens (primary N) is 1. The smallest absolute Gasteiger partial charge is 0.304 e. The number of anilines is 1. The van der Waals surface area contributed by atoms with Crippen molar-refractivity contribution in [1.82, 2.24) is 10.0 Å². The van der Waals surface area contributed by atoms with Crippen molar-refractivity contribution in [3.05, 3.63) is 16.2 Å². The summed E-state index contributed by atoms with van der Waals surface area (Å²) in [6, 6.07) is 1.01. The van der Waals surface area contributed by atoms with Crippen LogP contribution in [0.4, 0.5) is 10.7 Å². The lowest BCUT2D eigenvalue weighted by Crippen LogP contribution is -2.37. The summed E-state index contributed by atoms with van der Waals surface area (Å²) >= 11 is 0.581. The van der Waals surface area contributed by atoms with E-state index in [0.29, 0.717) is 11.3 Å². The molecule has 9 nitrogen and oxygen atoms in total. The maximum atomic E-state index is 11.9. The number of nitro groups is 1. The second kappa shape index (κ2) is 5.34. The number of nitrogens with zero attached hydrogens (tertiary/aromatic N) is 1. The van der Waals surface area contributed by atoms with Crippen LogP contribution < -0.4 is 15.8 Å². The first-order valence-electron chi connectivity index (χ1n) is 5.62. The highest BCUT2D eigenvalue weighted by atomic mass is 32.2. The standard InChI is InChI=1S/C9H12N4O5S2/c10-9-6(13(15)16)3-8(19-9)20(17,18)11-4-7(14)12-5-1-2-5/h3,5,11H,1-2,4,10H2,(H,12,14). The molecule has 1 saturated carbocycles. The second-order valence-electron chi connectivity index (χ2n) is 4.24. The Morgan fingerprint density at radius 1 is 1.55 bits per heavy atom. The van der Waals surface area contributed by atoms with Crippen molar-refractivity contribution in [1.29, 1.82) is 0 Å². The number of sulfonamides is 1. The molecule has 1 heterocycles. The molecular formula is C9H12N4O5S2. The van der Waals surface area contributed by atoms with Gasteiger partial charge in [0.2, 0.25) is 5.91 Å². The van der Waals surface area contributed by atoms with Gasteiger partial charge in [0.15, 0.2) is 5.00 Å². The predicted octanol–water partition coefficient (Wildman–Crippen LogP) is -0.205. The molecule has 1 fully saturated rings. The van der Waals surface area contributed by atoms with Crippen LogP contribution in [-0.4, -0.2) is 31.8 Å². The van der Waals surface area contributed by atoms with Gasteiger partial charge in [-0.1, -0.05) is 11.3 Å². The van der Waals surface area contributed by atoms with Crippen molar-refractivity contribution in [2.75, 3.05) is 12.3 Å². The van der Waals surface area contributed by atoms with Crippen molar-refractivity contribution in [3.63, 3.8) is 0 Å². The molecule has 1 aromatic rings. The van der Waals surface area contributed by atoms with Crippen LogP contribution in [0.15, 0.2) is 10.3 Å². The SMILES string of the molecule is Nc1sc(S(=O)(=O)NCC(=O)NC2CC2)cc1[N+](=O)[O-]. The third-order valence-electron chi connectivity index (χ3n) is 2.54. The molecule has 20 heavy (non-hydrogen) atoms. The minimum absolute atomic E-state index is 0.130. The largest absolute Gasteiger partial charge is 0.385 e. The molecule has 0 bridgehead atoms. The quantitative estimate of drug-likeness (QED) is 0.489. The van der Waals surface area contributed by atoms with Gasteiger partial charge >= 0.3 is 5.69 Å². The first kappa shape index (κ1) is 14.7. The Bertz CT molecular complexity index is 649. The normalized spacial score (nSPS) is 15.0. The molecule has 0 saturated heterocycles. The molecule has 0 unspecified atom stereocenters. The number of hydrogen-bond acceptors (Lipinski definition) is 7. The molecule has 0 spiro atoms. The summed E-state index contributed by atoms with van der Waals surface area (Å²) in [6.07, 6.45) is 1.79. The average molecular weight is 320 g/mol. The molecule has 110 valence electrons. The summed E-state index contributed by atoms with van der Waals surface area (Å²) in [5, 5.41) is 13.0. The molecule has 1 aromatic heterocycles. The van der Waals surface area contributed by atoms with Crippen LogP contribution in [0.25, 0.3) is 0 Å². The zero-order chi connectivity index (χ0) is 14.9. The zero-order valence-electron chi connectivity index (χ0n) is 10.2. The van der Waals surface area contributed by atoms with Gasteiger partial charge in [-0.3, -0.25) is 14.9 Å². The Hall–Kier alpha value is -1.72. The van der Waals surface area contributed by atoms with Gasteiger partial charge in [-0.05, 0) is 12.8 Å². The number of carbonyl (C=O) groups excluding carboxylic acids is 1. The molecule has 1 aliphatic rings. The van der Waals surface area contributed by atoms with E-state index >= 15 is 0 Å². The van der Waals surface area contributed by atoms with Crippen molar-refractivity contribution >= 4 is 38.0 Å². The van der Waals surface area contributed by atoms with Gasteiger partial charge in [0.25, 0.3) is 10.0 Å². The summed E-state index contributed by atoms with van der Waals surface area (Å²) in [7, 11) is -3.98. The fourth-order valence-corrected chi connectivity index (χ4v) is 3.63. The number of hydrogen-bond donors (Lipinski definition) is 3. The Balaban J connectivity index is 2.03. The van der Waals surface area contributed by atoms with E-state index in [1.165, 1.54) is 0 Å². The van der Waals surface area contributed by atoms with E-state index in [1.54, 1.807) is 0 Å². The maximum Gasteiger partial charge on any atom is 0.304 e. The topological polar surface area (TPSA) is 144 Å². The highest BCUT2D eigenvalue weighted by molar-refractivity contribution is 7.91. The van der Waals surface area contributed by atoms with Crippen LogP contribution in [0.5, 0.6) is 0 Å². The van der Waals surface area contributed by atoms with E-state index in [-0.39, 0.29) is 15.3 Å². The van der Waals surface area contributed by atoms with Crippen LogP contribution in [0, 0.1) is 10.1 Å². The first-order chi connectivity index (χ1) is 9.29. The minimum atomic E-state index is -3.98. The van der Waals surface area contributed by atoms with Gasteiger partial charge < -0.3 is 11.1 Å². The van der Waals surface area contributed by atoms with E-state index in [2.05, 4.69) is 10.0 Å².